The molecular weight excluding hydrogens is 174 g/mol. The number of phenolic OH excluding ortho intramolecular Hbond substituents is 1. The zero-order chi connectivity index (χ0) is 9.30. The van der Waals surface area contributed by atoms with Crippen molar-refractivity contribution < 1.29 is 5.11 Å². The fourth-order valence-corrected chi connectivity index (χ4v) is 1.20. The number of benzene rings is 1. The second-order valence-corrected chi connectivity index (χ2v) is 3.02. The summed E-state index contributed by atoms with van der Waals surface area (Å²) in [4.78, 5) is 0. The monoisotopic (exact) mass is 181 g/mol. The van der Waals surface area contributed by atoms with E-state index >= 15 is 0 Å². The molecule has 0 aromatic heterocycles. The largest absolute Gasteiger partial charge is 0.505 e. The molecule has 0 aliphatic rings. The van der Waals surface area contributed by atoms with Crippen molar-refractivity contribution in [3.05, 3.63) is 27.8 Å². The normalized spacial score (nSPS) is 9.50. The summed E-state index contributed by atoms with van der Waals surface area (Å²) in [5.74, 6) is -0.123. The summed E-state index contributed by atoms with van der Waals surface area (Å²) in [7, 11) is 0. The number of aromatic hydroxyl groups is 1. The second-order valence-electron chi connectivity index (χ2n) is 2.64. The van der Waals surface area contributed by atoms with Crippen LogP contribution in [0.15, 0.2) is 6.07 Å². The molecule has 12 heavy (non-hydrogen) atoms. The number of halogens is 1. The lowest BCUT2D eigenvalue weighted by atomic mass is 10.1. The molecule has 1 N–H and O–H groups in total. The van der Waals surface area contributed by atoms with Crippen molar-refractivity contribution in [2.75, 3.05) is 0 Å². The van der Waals surface area contributed by atoms with Crippen LogP contribution in [0, 0.1) is 25.2 Å². The summed E-state index contributed by atoms with van der Waals surface area (Å²) in [5.41, 5.74) is 1.95. The Morgan fingerprint density at radius 1 is 1.50 bits per heavy atom. The molecule has 0 saturated carbocycles. The van der Waals surface area contributed by atoms with Gasteiger partial charge in [-0.05, 0) is 31.0 Å². The third-order valence-corrected chi connectivity index (χ3v) is 2.33. The van der Waals surface area contributed by atoms with E-state index in [1.807, 2.05) is 13.0 Å². The van der Waals surface area contributed by atoms with Crippen molar-refractivity contribution in [1.82, 2.24) is 0 Å². The molecule has 3 heteroatoms. The highest BCUT2D eigenvalue weighted by Gasteiger charge is 2.09. The summed E-state index contributed by atoms with van der Waals surface area (Å²) in [6, 6.07) is 3.49. The lowest BCUT2D eigenvalue weighted by Crippen LogP contribution is -1.86. The van der Waals surface area contributed by atoms with E-state index in [4.69, 9.17) is 16.9 Å². The highest BCUT2D eigenvalue weighted by molar-refractivity contribution is 6.33. The van der Waals surface area contributed by atoms with Gasteiger partial charge in [0, 0.05) is 0 Å². The molecule has 2 nitrogen and oxygen atoms in total. The summed E-state index contributed by atoms with van der Waals surface area (Å²) >= 11 is 5.77. The first-order chi connectivity index (χ1) is 5.57. The molecular formula is C9H8ClNO. The molecule has 1 rings (SSSR count). The molecule has 0 aliphatic heterocycles. The van der Waals surface area contributed by atoms with Crippen LogP contribution in [-0.2, 0) is 0 Å². The van der Waals surface area contributed by atoms with Gasteiger partial charge in [-0.15, -0.1) is 0 Å². The highest BCUT2D eigenvalue weighted by atomic mass is 35.5. The number of phenols is 1. The van der Waals surface area contributed by atoms with Crippen LogP contribution in [-0.4, -0.2) is 5.11 Å². The SMILES string of the molecule is Cc1cc(C#N)c(O)c(Cl)c1C. The number of nitrogens with zero attached hydrogens (tertiary/aromatic N) is 1. The molecule has 1 aromatic carbocycles. The number of hydrogen-bond donors (Lipinski definition) is 1. The molecule has 0 bridgehead atoms. The Bertz CT molecular complexity index is 366. The average molecular weight is 182 g/mol. The quantitative estimate of drug-likeness (QED) is 0.669. The highest BCUT2D eigenvalue weighted by Crippen LogP contribution is 2.32. The first-order valence-corrected chi connectivity index (χ1v) is 3.84. The lowest BCUT2D eigenvalue weighted by molar-refractivity contribution is 0.473. The minimum absolute atomic E-state index is 0.123. The van der Waals surface area contributed by atoms with Crippen molar-refractivity contribution >= 4 is 11.6 Å². The van der Waals surface area contributed by atoms with E-state index in [0.717, 1.165) is 11.1 Å². The zero-order valence-corrected chi connectivity index (χ0v) is 7.61. The Hall–Kier alpha value is -1.20. The van der Waals surface area contributed by atoms with Crippen molar-refractivity contribution in [3.63, 3.8) is 0 Å². The molecule has 0 spiro atoms. The van der Waals surface area contributed by atoms with E-state index in [0.29, 0.717) is 0 Å². The van der Waals surface area contributed by atoms with Gasteiger partial charge in [0.1, 0.15) is 6.07 Å². The fraction of sp³-hybridized carbons (Fsp3) is 0.222. The van der Waals surface area contributed by atoms with Crippen molar-refractivity contribution in [2.24, 2.45) is 0 Å². The van der Waals surface area contributed by atoms with Crippen LogP contribution in [0.25, 0.3) is 0 Å². The van der Waals surface area contributed by atoms with Gasteiger partial charge in [0.15, 0.2) is 5.75 Å². The molecule has 1 aromatic rings. The molecule has 0 amide bonds. The summed E-state index contributed by atoms with van der Waals surface area (Å²) in [6.45, 7) is 3.65. The Morgan fingerprint density at radius 2 is 2.08 bits per heavy atom. The summed E-state index contributed by atoms with van der Waals surface area (Å²) in [5, 5.41) is 18.2. The van der Waals surface area contributed by atoms with Crippen molar-refractivity contribution in [1.29, 1.82) is 5.26 Å². The maximum Gasteiger partial charge on any atom is 0.152 e. The molecule has 0 radical (unpaired) electrons. The van der Waals surface area contributed by atoms with Gasteiger partial charge in [-0.2, -0.15) is 5.26 Å². The maximum absolute atomic E-state index is 9.35. The van der Waals surface area contributed by atoms with Crippen LogP contribution in [0.2, 0.25) is 5.02 Å². The van der Waals surface area contributed by atoms with Crippen LogP contribution in [0.3, 0.4) is 0 Å². The zero-order valence-electron chi connectivity index (χ0n) is 6.85. The van der Waals surface area contributed by atoms with Gasteiger partial charge in [0.25, 0.3) is 0 Å². The van der Waals surface area contributed by atoms with Crippen LogP contribution in [0.4, 0.5) is 0 Å². The Balaban J connectivity index is 3.52. The minimum atomic E-state index is -0.123. The maximum atomic E-state index is 9.35. The Kier molecular flexibility index (Phi) is 2.25. The first-order valence-electron chi connectivity index (χ1n) is 3.46. The first kappa shape index (κ1) is 8.89. The van der Waals surface area contributed by atoms with Gasteiger partial charge < -0.3 is 5.11 Å². The average Bonchev–Trinajstić information content (AvgIpc) is 2.08. The van der Waals surface area contributed by atoms with Crippen LogP contribution in [0.5, 0.6) is 5.75 Å². The predicted molar refractivity (Wildman–Crippen MR) is 47.3 cm³/mol. The van der Waals surface area contributed by atoms with E-state index in [1.165, 1.54) is 0 Å². The number of rotatable bonds is 0. The van der Waals surface area contributed by atoms with E-state index in [1.54, 1.807) is 13.0 Å². The standard InChI is InChI=1S/C9H8ClNO/c1-5-3-7(4-11)9(12)8(10)6(5)2/h3,12H,1-2H3. The van der Waals surface area contributed by atoms with Crippen LogP contribution in [0.1, 0.15) is 16.7 Å². The smallest absolute Gasteiger partial charge is 0.152 e. The van der Waals surface area contributed by atoms with Gasteiger partial charge in [-0.1, -0.05) is 11.6 Å². The van der Waals surface area contributed by atoms with E-state index in [9.17, 15) is 5.11 Å². The molecule has 0 atom stereocenters. The fourth-order valence-electron chi connectivity index (χ4n) is 0.947. The Labute approximate surface area is 76.0 Å². The third-order valence-electron chi connectivity index (χ3n) is 1.87. The van der Waals surface area contributed by atoms with Crippen molar-refractivity contribution in [3.8, 4) is 11.8 Å². The topological polar surface area (TPSA) is 44.0 Å². The molecule has 0 unspecified atom stereocenters. The second kappa shape index (κ2) is 3.04. The number of hydrogen-bond acceptors (Lipinski definition) is 2. The summed E-state index contributed by atoms with van der Waals surface area (Å²) < 4.78 is 0. The molecule has 0 aliphatic carbocycles. The van der Waals surface area contributed by atoms with Gasteiger partial charge in [0.2, 0.25) is 0 Å². The Morgan fingerprint density at radius 3 is 2.58 bits per heavy atom. The van der Waals surface area contributed by atoms with Crippen LogP contribution < -0.4 is 0 Å². The van der Waals surface area contributed by atoms with Gasteiger partial charge in [-0.25, -0.2) is 0 Å². The van der Waals surface area contributed by atoms with E-state index in [-0.39, 0.29) is 16.3 Å². The summed E-state index contributed by atoms with van der Waals surface area (Å²) in [6.07, 6.45) is 0. The predicted octanol–water partition coefficient (Wildman–Crippen LogP) is 2.53. The number of nitriles is 1. The van der Waals surface area contributed by atoms with E-state index < -0.39 is 0 Å². The lowest BCUT2D eigenvalue weighted by Gasteiger charge is -2.05. The third kappa shape index (κ3) is 1.24. The molecule has 0 heterocycles. The van der Waals surface area contributed by atoms with Crippen LogP contribution >= 0.6 is 11.6 Å². The van der Waals surface area contributed by atoms with Crippen molar-refractivity contribution in [2.45, 2.75) is 13.8 Å². The van der Waals surface area contributed by atoms with E-state index in [2.05, 4.69) is 0 Å². The molecule has 62 valence electrons. The van der Waals surface area contributed by atoms with Gasteiger partial charge in [0.05, 0.1) is 10.6 Å². The number of aryl methyl sites for hydroxylation is 1. The van der Waals surface area contributed by atoms with Gasteiger partial charge >= 0.3 is 0 Å². The molecule has 0 fully saturated rings. The minimum Gasteiger partial charge on any atom is -0.505 e. The molecule has 0 saturated heterocycles. The van der Waals surface area contributed by atoms with Gasteiger partial charge in [-0.3, -0.25) is 0 Å².